The summed E-state index contributed by atoms with van der Waals surface area (Å²) in [5, 5.41) is 0. The Hall–Kier alpha value is -1.02. The third-order valence-corrected chi connectivity index (χ3v) is 1.83. The zero-order valence-corrected chi connectivity index (χ0v) is 6.98. The average molecular weight is 151 g/mol. The molecule has 0 fully saturated rings. The van der Waals surface area contributed by atoms with Gasteiger partial charge in [-0.25, -0.2) is 0 Å². The SMILES string of the molecule is C=C1C=C(CN)OC(C)=C1C. The molecule has 0 amide bonds. The molecular weight excluding hydrogens is 138 g/mol. The number of nitrogens with two attached hydrogens (primary N) is 1. The lowest BCUT2D eigenvalue weighted by Crippen LogP contribution is -2.10. The zero-order chi connectivity index (χ0) is 8.43. The fraction of sp³-hybridized carbons (Fsp3) is 0.333. The van der Waals surface area contributed by atoms with Gasteiger partial charge < -0.3 is 10.5 Å². The van der Waals surface area contributed by atoms with Crippen LogP contribution in [0.15, 0.2) is 35.3 Å². The third kappa shape index (κ3) is 1.52. The van der Waals surface area contributed by atoms with Crippen molar-refractivity contribution in [3.63, 3.8) is 0 Å². The molecule has 0 aromatic heterocycles. The van der Waals surface area contributed by atoms with Crippen molar-refractivity contribution < 1.29 is 4.74 Å². The Morgan fingerprint density at radius 1 is 1.55 bits per heavy atom. The first-order chi connectivity index (χ1) is 5.15. The number of rotatable bonds is 1. The Kier molecular flexibility index (Phi) is 2.15. The Morgan fingerprint density at radius 3 is 2.64 bits per heavy atom. The Bertz CT molecular complexity index is 248. The highest BCUT2D eigenvalue weighted by Gasteiger charge is 2.10. The van der Waals surface area contributed by atoms with E-state index in [0.29, 0.717) is 6.54 Å². The van der Waals surface area contributed by atoms with E-state index >= 15 is 0 Å². The molecule has 0 aliphatic carbocycles. The van der Waals surface area contributed by atoms with Crippen LogP contribution >= 0.6 is 0 Å². The Labute approximate surface area is 67.0 Å². The molecule has 0 saturated heterocycles. The van der Waals surface area contributed by atoms with E-state index in [1.807, 2.05) is 19.9 Å². The van der Waals surface area contributed by atoms with Gasteiger partial charge in [0.2, 0.25) is 0 Å². The first kappa shape index (κ1) is 8.08. The van der Waals surface area contributed by atoms with Crippen LogP contribution in [0.4, 0.5) is 0 Å². The van der Waals surface area contributed by atoms with Crippen LogP contribution in [0.5, 0.6) is 0 Å². The van der Waals surface area contributed by atoms with E-state index in [-0.39, 0.29) is 0 Å². The normalized spacial score (nSPS) is 18.1. The van der Waals surface area contributed by atoms with Crippen molar-refractivity contribution in [2.75, 3.05) is 6.54 Å². The second-order valence-corrected chi connectivity index (χ2v) is 2.62. The minimum absolute atomic E-state index is 0.434. The van der Waals surface area contributed by atoms with Gasteiger partial charge in [0.15, 0.2) is 0 Å². The van der Waals surface area contributed by atoms with Crippen LogP contribution in [0, 0.1) is 0 Å². The van der Waals surface area contributed by atoms with Crippen LogP contribution in [0.25, 0.3) is 0 Å². The number of allylic oxidation sites excluding steroid dienone is 4. The highest BCUT2D eigenvalue weighted by atomic mass is 16.5. The summed E-state index contributed by atoms with van der Waals surface area (Å²) in [6.07, 6.45) is 1.88. The van der Waals surface area contributed by atoms with E-state index in [2.05, 4.69) is 6.58 Å². The van der Waals surface area contributed by atoms with Crippen LogP contribution in [0.2, 0.25) is 0 Å². The molecule has 1 rings (SSSR count). The van der Waals surface area contributed by atoms with E-state index in [1.54, 1.807) is 0 Å². The fourth-order valence-corrected chi connectivity index (χ4v) is 0.932. The van der Waals surface area contributed by atoms with E-state index in [0.717, 1.165) is 22.7 Å². The summed E-state index contributed by atoms with van der Waals surface area (Å²) >= 11 is 0. The predicted molar refractivity (Wildman–Crippen MR) is 45.7 cm³/mol. The monoisotopic (exact) mass is 151 g/mol. The van der Waals surface area contributed by atoms with Gasteiger partial charge in [-0.05, 0) is 31.1 Å². The van der Waals surface area contributed by atoms with Crippen LogP contribution < -0.4 is 5.73 Å². The van der Waals surface area contributed by atoms with Gasteiger partial charge in [0, 0.05) is 0 Å². The number of hydrogen-bond donors (Lipinski definition) is 1. The molecule has 0 aromatic carbocycles. The van der Waals surface area contributed by atoms with Crippen LogP contribution in [0.3, 0.4) is 0 Å². The van der Waals surface area contributed by atoms with Gasteiger partial charge in [-0.1, -0.05) is 6.58 Å². The third-order valence-electron chi connectivity index (χ3n) is 1.83. The lowest BCUT2D eigenvalue weighted by molar-refractivity contribution is 0.293. The van der Waals surface area contributed by atoms with E-state index in [1.165, 1.54) is 0 Å². The topological polar surface area (TPSA) is 35.2 Å². The highest BCUT2D eigenvalue weighted by molar-refractivity contribution is 5.41. The molecule has 1 aliphatic rings. The smallest absolute Gasteiger partial charge is 0.118 e. The molecular formula is C9H13NO. The van der Waals surface area contributed by atoms with Gasteiger partial charge in [-0.2, -0.15) is 0 Å². The maximum absolute atomic E-state index is 5.42. The number of hydrogen-bond acceptors (Lipinski definition) is 2. The summed E-state index contributed by atoms with van der Waals surface area (Å²) < 4.78 is 5.37. The Balaban J connectivity index is 2.88. The lowest BCUT2D eigenvalue weighted by Gasteiger charge is -2.17. The minimum Gasteiger partial charge on any atom is -0.465 e. The summed E-state index contributed by atoms with van der Waals surface area (Å²) in [4.78, 5) is 0. The quantitative estimate of drug-likeness (QED) is 0.619. The van der Waals surface area contributed by atoms with E-state index in [9.17, 15) is 0 Å². The van der Waals surface area contributed by atoms with Crippen molar-refractivity contribution >= 4 is 0 Å². The molecule has 2 heteroatoms. The van der Waals surface area contributed by atoms with E-state index in [4.69, 9.17) is 10.5 Å². The molecule has 1 heterocycles. The molecule has 0 bridgehead atoms. The minimum atomic E-state index is 0.434. The maximum Gasteiger partial charge on any atom is 0.118 e. The summed E-state index contributed by atoms with van der Waals surface area (Å²) in [6, 6.07) is 0. The zero-order valence-electron chi connectivity index (χ0n) is 6.98. The van der Waals surface area contributed by atoms with Crippen molar-refractivity contribution in [3.8, 4) is 0 Å². The standard InChI is InChI=1S/C9H13NO/c1-6-4-9(5-10)11-8(3)7(6)2/h4H,1,5,10H2,2-3H3. The van der Waals surface area contributed by atoms with Crippen LogP contribution in [-0.4, -0.2) is 6.54 Å². The van der Waals surface area contributed by atoms with Crippen molar-refractivity contribution in [2.24, 2.45) is 5.73 Å². The molecule has 0 atom stereocenters. The molecule has 11 heavy (non-hydrogen) atoms. The molecule has 1 aliphatic heterocycles. The maximum atomic E-state index is 5.42. The summed E-state index contributed by atoms with van der Waals surface area (Å²) in [6.45, 7) is 8.22. The second-order valence-electron chi connectivity index (χ2n) is 2.62. The molecule has 2 nitrogen and oxygen atoms in total. The van der Waals surface area contributed by atoms with Crippen molar-refractivity contribution in [1.29, 1.82) is 0 Å². The van der Waals surface area contributed by atoms with Crippen LogP contribution in [-0.2, 0) is 4.74 Å². The average Bonchev–Trinajstić information content (AvgIpc) is 1.99. The van der Waals surface area contributed by atoms with Crippen molar-refractivity contribution in [2.45, 2.75) is 13.8 Å². The van der Waals surface area contributed by atoms with Gasteiger partial charge in [0.1, 0.15) is 11.5 Å². The molecule has 0 saturated carbocycles. The van der Waals surface area contributed by atoms with Gasteiger partial charge in [0.25, 0.3) is 0 Å². The second kappa shape index (κ2) is 2.93. The van der Waals surface area contributed by atoms with E-state index < -0.39 is 0 Å². The first-order valence-corrected chi connectivity index (χ1v) is 3.60. The molecule has 60 valence electrons. The predicted octanol–water partition coefficient (Wildman–Crippen LogP) is 1.71. The summed E-state index contributed by atoms with van der Waals surface area (Å²) in [7, 11) is 0. The summed E-state index contributed by atoms with van der Waals surface area (Å²) in [5.41, 5.74) is 7.51. The van der Waals surface area contributed by atoms with Crippen LogP contribution in [0.1, 0.15) is 13.8 Å². The molecule has 0 spiro atoms. The lowest BCUT2D eigenvalue weighted by atomic mass is 10.1. The molecule has 0 aromatic rings. The highest BCUT2D eigenvalue weighted by Crippen LogP contribution is 2.23. The summed E-state index contributed by atoms with van der Waals surface area (Å²) in [5.74, 6) is 1.69. The first-order valence-electron chi connectivity index (χ1n) is 3.60. The Morgan fingerprint density at radius 2 is 2.18 bits per heavy atom. The fourth-order valence-electron chi connectivity index (χ4n) is 0.932. The molecule has 0 unspecified atom stereocenters. The molecule has 0 radical (unpaired) electrons. The number of ether oxygens (including phenoxy) is 1. The largest absolute Gasteiger partial charge is 0.465 e. The molecule has 2 N–H and O–H groups in total. The van der Waals surface area contributed by atoms with Crippen molar-refractivity contribution in [3.05, 3.63) is 35.3 Å². The van der Waals surface area contributed by atoms with Crippen molar-refractivity contribution in [1.82, 2.24) is 0 Å². The van der Waals surface area contributed by atoms with Gasteiger partial charge >= 0.3 is 0 Å². The van der Waals surface area contributed by atoms with Gasteiger partial charge in [-0.3, -0.25) is 0 Å². The van der Waals surface area contributed by atoms with Gasteiger partial charge in [-0.15, -0.1) is 0 Å². The van der Waals surface area contributed by atoms with Gasteiger partial charge in [0.05, 0.1) is 6.54 Å².